The smallest absolute Gasteiger partial charge is 0.0494 e. The Bertz CT molecular complexity index is 794. The van der Waals surface area contributed by atoms with Gasteiger partial charge in [0.1, 0.15) is 0 Å². The van der Waals surface area contributed by atoms with E-state index in [1.165, 1.54) is 33.1 Å². The molecule has 1 aromatic heterocycles. The molecule has 0 saturated heterocycles. The second-order valence-electron chi connectivity index (χ2n) is 5.82. The van der Waals surface area contributed by atoms with Crippen molar-refractivity contribution in [2.24, 2.45) is 0 Å². The molecular weight excluding hydrogens is 268 g/mol. The van der Waals surface area contributed by atoms with E-state index in [0.29, 0.717) is 0 Å². The third-order valence-electron chi connectivity index (χ3n) is 4.77. The van der Waals surface area contributed by atoms with E-state index >= 15 is 0 Å². The van der Waals surface area contributed by atoms with Crippen molar-refractivity contribution < 1.29 is 0 Å². The molecule has 0 fully saturated rings. The average Bonchev–Trinajstić information content (AvgIpc) is 2.88. The molecule has 0 spiro atoms. The molecule has 2 aromatic carbocycles. The number of hydrogen-bond donors (Lipinski definition) is 0. The Hall–Kier alpha value is -1.96. The fourth-order valence-corrected chi connectivity index (χ4v) is 3.48. The normalized spacial score (nSPS) is 11.5. The summed E-state index contributed by atoms with van der Waals surface area (Å²) in [4.78, 5) is 2.41. The van der Waals surface area contributed by atoms with E-state index in [9.17, 15) is 0 Å². The maximum Gasteiger partial charge on any atom is 0.0494 e. The molecule has 0 bridgehead atoms. The summed E-state index contributed by atoms with van der Waals surface area (Å²) in [5.74, 6) is 0. The van der Waals surface area contributed by atoms with Crippen molar-refractivity contribution in [3.63, 3.8) is 0 Å². The van der Waals surface area contributed by atoms with Crippen molar-refractivity contribution in [2.45, 2.75) is 40.7 Å². The number of aromatic nitrogens is 1. The maximum absolute atomic E-state index is 2.44. The zero-order valence-corrected chi connectivity index (χ0v) is 14.2. The van der Waals surface area contributed by atoms with E-state index in [4.69, 9.17) is 0 Å². The number of anilines is 1. The van der Waals surface area contributed by atoms with Crippen LogP contribution in [-0.2, 0) is 13.0 Å². The van der Waals surface area contributed by atoms with Crippen LogP contribution in [-0.4, -0.2) is 17.7 Å². The highest BCUT2D eigenvalue weighted by Crippen LogP contribution is 2.32. The standard InChI is InChI=1S/C20H26N2/c1-5-15-9-11-17-18-14-16(21(6-2)7-3)10-12-19(18)22(8-4)20(17)13-15/h9-14H,5-8H2,1-4H3. The van der Waals surface area contributed by atoms with Crippen molar-refractivity contribution in [3.05, 3.63) is 42.0 Å². The zero-order valence-electron chi connectivity index (χ0n) is 14.2. The second-order valence-corrected chi connectivity index (χ2v) is 5.82. The van der Waals surface area contributed by atoms with Gasteiger partial charge in [-0.05, 0) is 57.0 Å². The lowest BCUT2D eigenvalue weighted by atomic mass is 10.1. The Labute approximate surface area is 133 Å². The van der Waals surface area contributed by atoms with E-state index in [2.05, 4.69) is 73.6 Å². The summed E-state index contributed by atoms with van der Waals surface area (Å²) in [6.45, 7) is 12.0. The van der Waals surface area contributed by atoms with Crippen LogP contribution in [0, 0.1) is 0 Å². The minimum absolute atomic E-state index is 1.01. The largest absolute Gasteiger partial charge is 0.372 e. The molecular formula is C20H26N2. The molecule has 0 aliphatic rings. The van der Waals surface area contributed by atoms with Crippen LogP contribution in [0.15, 0.2) is 36.4 Å². The molecule has 0 aliphatic heterocycles. The maximum atomic E-state index is 2.44. The Morgan fingerprint density at radius 3 is 2.23 bits per heavy atom. The molecule has 1 heterocycles. The first-order valence-corrected chi connectivity index (χ1v) is 8.53. The lowest BCUT2D eigenvalue weighted by molar-refractivity contribution is 0.825. The SMILES string of the molecule is CCc1ccc2c3cc(N(CC)CC)ccc3n(CC)c2c1. The van der Waals surface area contributed by atoms with Crippen LogP contribution >= 0.6 is 0 Å². The highest BCUT2D eigenvalue weighted by atomic mass is 15.1. The fourth-order valence-electron chi connectivity index (χ4n) is 3.48. The lowest BCUT2D eigenvalue weighted by Gasteiger charge is -2.21. The molecule has 2 heteroatoms. The van der Waals surface area contributed by atoms with Crippen LogP contribution in [0.3, 0.4) is 0 Å². The van der Waals surface area contributed by atoms with Crippen LogP contribution in [0.5, 0.6) is 0 Å². The number of aryl methyl sites for hydroxylation is 2. The summed E-state index contributed by atoms with van der Waals surface area (Å²) in [5, 5.41) is 2.76. The molecule has 0 unspecified atom stereocenters. The van der Waals surface area contributed by atoms with Gasteiger partial charge in [0.05, 0.1) is 0 Å². The Kier molecular flexibility index (Phi) is 4.10. The first-order chi connectivity index (χ1) is 10.7. The Morgan fingerprint density at radius 2 is 1.59 bits per heavy atom. The molecule has 22 heavy (non-hydrogen) atoms. The summed E-state index contributed by atoms with van der Waals surface area (Å²) >= 11 is 0. The van der Waals surface area contributed by atoms with Gasteiger partial charge in [0.15, 0.2) is 0 Å². The van der Waals surface area contributed by atoms with E-state index < -0.39 is 0 Å². The van der Waals surface area contributed by atoms with E-state index in [1.54, 1.807) is 0 Å². The van der Waals surface area contributed by atoms with Gasteiger partial charge in [-0.25, -0.2) is 0 Å². The molecule has 0 atom stereocenters. The molecule has 0 amide bonds. The van der Waals surface area contributed by atoms with Crippen molar-refractivity contribution in [1.29, 1.82) is 0 Å². The summed E-state index contributed by atoms with van der Waals surface area (Å²) in [5.41, 5.74) is 5.45. The van der Waals surface area contributed by atoms with Gasteiger partial charge in [-0.3, -0.25) is 0 Å². The van der Waals surface area contributed by atoms with E-state index in [1.807, 2.05) is 0 Å². The molecule has 2 nitrogen and oxygen atoms in total. The van der Waals surface area contributed by atoms with Crippen molar-refractivity contribution in [3.8, 4) is 0 Å². The predicted molar refractivity (Wildman–Crippen MR) is 98.1 cm³/mol. The highest BCUT2D eigenvalue weighted by Gasteiger charge is 2.12. The minimum Gasteiger partial charge on any atom is -0.372 e. The van der Waals surface area contributed by atoms with Gasteiger partial charge >= 0.3 is 0 Å². The Morgan fingerprint density at radius 1 is 0.818 bits per heavy atom. The summed E-state index contributed by atoms with van der Waals surface area (Å²) < 4.78 is 2.44. The fraction of sp³-hybridized carbons (Fsp3) is 0.400. The van der Waals surface area contributed by atoms with Gasteiger partial charge in [0.25, 0.3) is 0 Å². The quantitative estimate of drug-likeness (QED) is 0.626. The van der Waals surface area contributed by atoms with Gasteiger partial charge in [-0.2, -0.15) is 0 Å². The van der Waals surface area contributed by atoms with Crippen LogP contribution < -0.4 is 4.90 Å². The molecule has 0 saturated carbocycles. The molecule has 0 aliphatic carbocycles. The number of nitrogens with zero attached hydrogens (tertiary/aromatic N) is 2. The topological polar surface area (TPSA) is 8.17 Å². The predicted octanol–water partition coefficient (Wildman–Crippen LogP) is 5.22. The summed E-state index contributed by atoms with van der Waals surface area (Å²) in [6.07, 6.45) is 1.09. The zero-order chi connectivity index (χ0) is 15.7. The number of benzene rings is 2. The third-order valence-corrected chi connectivity index (χ3v) is 4.77. The monoisotopic (exact) mass is 294 g/mol. The van der Waals surface area contributed by atoms with E-state index in [-0.39, 0.29) is 0 Å². The first-order valence-electron chi connectivity index (χ1n) is 8.53. The van der Waals surface area contributed by atoms with Gasteiger partial charge in [-0.15, -0.1) is 0 Å². The van der Waals surface area contributed by atoms with Crippen molar-refractivity contribution >= 4 is 27.5 Å². The highest BCUT2D eigenvalue weighted by molar-refractivity contribution is 6.09. The van der Waals surface area contributed by atoms with E-state index in [0.717, 1.165) is 26.1 Å². The first kappa shape index (κ1) is 15.0. The van der Waals surface area contributed by atoms with Gasteiger partial charge in [-0.1, -0.05) is 19.1 Å². The Balaban J connectivity index is 2.30. The number of rotatable bonds is 5. The average molecular weight is 294 g/mol. The minimum atomic E-state index is 1.01. The summed E-state index contributed by atoms with van der Waals surface area (Å²) in [6, 6.07) is 13.8. The van der Waals surface area contributed by atoms with Crippen LogP contribution in [0.2, 0.25) is 0 Å². The molecule has 3 aromatic rings. The summed E-state index contributed by atoms with van der Waals surface area (Å²) in [7, 11) is 0. The van der Waals surface area contributed by atoms with Crippen molar-refractivity contribution in [1.82, 2.24) is 4.57 Å². The van der Waals surface area contributed by atoms with Crippen molar-refractivity contribution in [2.75, 3.05) is 18.0 Å². The molecule has 3 rings (SSSR count). The van der Waals surface area contributed by atoms with Gasteiger partial charge in [0, 0.05) is 47.1 Å². The van der Waals surface area contributed by atoms with Crippen LogP contribution in [0.1, 0.15) is 33.3 Å². The molecule has 116 valence electrons. The van der Waals surface area contributed by atoms with Crippen LogP contribution in [0.25, 0.3) is 21.8 Å². The molecule has 0 N–H and O–H groups in total. The van der Waals surface area contributed by atoms with Gasteiger partial charge in [0.2, 0.25) is 0 Å². The molecule has 0 radical (unpaired) electrons. The second kappa shape index (κ2) is 6.04. The third kappa shape index (κ3) is 2.27. The van der Waals surface area contributed by atoms with Gasteiger partial charge < -0.3 is 9.47 Å². The number of hydrogen-bond acceptors (Lipinski definition) is 1. The van der Waals surface area contributed by atoms with Crippen LogP contribution in [0.4, 0.5) is 5.69 Å². The lowest BCUT2D eigenvalue weighted by Crippen LogP contribution is -2.21. The number of fused-ring (bicyclic) bond motifs is 3.